The number of H-pyrrole nitrogens is 1. The first kappa shape index (κ1) is 17.6. The number of rotatable bonds is 3. The van der Waals surface area contributed by atoms with Gasteiger partial charge in [-0.1, -0.05) is 12.1 Å². The summed E-state index contributed by atoms with van der Waals surface area (Å²) in [7, 11) is 0. The standard InChI is InChI=1S/C18H20N4O2.ClH/c23-17(12-9-19-10-12)20-13-5-3-4-11(8-13)16-14-6-1-2-7-15(14)18(24)22-21-16;/h3-5,8,12,19H,1-2,6-7,9-10H2,(H,20,23)(H,22,24);1H. The minimum absolute atomic E-state index is 0. The normalized spacial score (nSPS) is 16.3. The van der Waals surface area contributed by atoms with Gasteiger partial charge in [0.1, 0.15) is 0 Å². The van der Waals surface area contributed by atoms with Gasteiger partial charge in [-0.15, -0.1) is 12.4 Å². The fourth-order valence-electron chi connectivity index (χ4n) is 3.36. The Labute approximate surface area is 151 Å². The van der Waals surface area contributed by atoms with E-state index in [0.29, 0.717) is 0 Å². The van der Waals surface area contributed by atoms with Crippen molar-refractivity contribution in [1.82, 2.24) is 15.5 Å². The van der Waals surface area contributed by atoms with Crippen LogP contribution < -0.4 is 16.2 Å². The van der Waals surface area contributed by atoms with E-state index in [2.05, 4.69) is 20.8 Å². The van der Waals surface area contributed by atoms with Gasteiger partial charge >= 0.3 is 0 Å². The van der Waals surface area contributed by atoms with Gasteiger partial charge in [-0.3, -0.25) is 9.59 Å². The Balaban J connectivity index is 0.00000182. The second-order valence-electron chi connectivity index (χ2n) is 6.49. The van der Waals surface area contributed by atoms with Crippen molar-refractivity contribution in [2.45, 2.75) is 25.7 Å². The van der Waals surface area contributed by atoms with E-state index in [4.69, 9.17) is 0 Å². The molecule has 1 aliphatic carbocycles. The van der Waals surface area contributed by atoms with E-state index in [1.165, 1.54) is 0 Å². The number of nitrogens with zero attached hydrogens (tertiary/aromatic N) is 1. The van der Waals surface area contributed by atoms with Crippen LogP contribution in [-0.2, 0) is 17.6 Å². The summed E-state index contributed by atoms with van der Waals surface area (Å²) in [5.74, 6) is 0.0926. The van der Waals surface area contributed by atoms with Crippen LogP contribution in [0.1, 0.15) is 24.0 Å². The minimum Gasteiger partial charge on any atom is -0.326 e. The second kappa shape index (κ2) is 7.37. The molecule has 1 aromatic carbocycles. The van der Waals surface area contributed by atoms with E-state index in [1.54, 1.807) is 0 Å². The number of aromatic amines is 1. The summed E-state index contributed by atoms with van der Waals surface area (Å²) in [5.41, 5.74) is 4.36. The predicted octanol–water partition coefficient (Wildman–Crippen LogP) is 1.90. The van der Waals surface area contributed by atoms with E-state index in [0.717, 1.165) is 66.8 Å². The number of anilines is 1. The molecule has 6 nitrogen and oxygen atoms in total. The van der Waals surface area contributed by atoms with E-state index in [1.807, 2.05) is 24.3 Å². The van der Waals surface area contributed by atoms with Crippen molar-refractivity contribution >= 4 is 24.0 Å². The van der Waals surface area contributed by atoms with Gasteiger partial charge in [-0.25, -0.2) is 5.10 Å². The maximum absolute atomic E-state index is 12.1. The first-order valence-electron chi connectivity index (χ1n) is 8.45. The Hall–Kier alpha value is -2.18. The number of fused-ring (bicyclic) bond motifs is 1. The van der Waals surface area contributed by atoms with Crippen molar-refractivity contribution < 1.29 is 4.79 Å². The van der Waals surface area contributed by atoms with Crippen LogP contribution in [0.2, 0.25) is 0 Å². The quantitative estimate of drug-likeness (QED) is 0.780. The summed E-state index contributed by atoms with van der Waals surface area (Å²) >= 11 is 0. The van der Waals surface area contributed by atoms with Gasteiger partial charge in [0.15, 0.2) is 0 Å². The highest BCUT2D eigenvalue weighted by molar-refractivity contribution is 5.94. The highest BCUT2D eigenvalue weighted by Gasteiger charge is 2.25. The molecule has 0 atom stereocenters. The van der Waals surface area contributed by atoms with Gasteiger partial charge in [-0.2, -0.15) is 5.10 Å². The maximum atomic E-state index is 12.1. The highest BCUT2D eigenvalue weighted by atomic mass is 35.5. The van der Waals surface area contributed by atoms with Gasteiger partial charge < -0.3 is 10.6 Å². The molecule has 1 saturated heterocycles. The number of halogens is 1. The molecule has 1 fully saturated rings. The van der Waals surface area contributed by atoms with Crippen LogP contribution in [0.15, 0.2) is 29.1 Å². The van der Waals surface area contributed by atoms with Crippen LogP contribution in [0.5, 0.6) is 0 Å². The third kappa shape index (κ3) is 3.45. The molecule has 0 radical (unpaired) electrons. The number of carbonyl (C=O) groups excluding carboxylic acids is 1. The number of hydrogen-bond donors (Lipinski definition) is 3. The van der Waals surface area contributed by atoms with Gasteiger partial charge in [0.2, 0.25) is 5.91 Å². The molecule has 3 N–H and O–H groups in total. The zero-order valence-electron chi connectivity index (χ0n) is 13.8. The molecule has 0 unspecified atom stereocenters. The van der Waals surface area contributed by atoms with Crippen molar-refractivity contribution in [2.24, 2.45) is 5.92 Å². The van der Waals surface area contributed by atoms with E-state index in [9.17, 15) is 9.59 Å². The van der Waals surface area contributed by atoms with Crippen LogP contribution in [0.25, 0.3) is 11.3 Å². The molecule has 7 heteroatoms. The molecular formula is C18H21ClN4O2. The molecule has 2 aliphatic rings. The van der Waals surface area contributed by atoms with Crippen LogP contribution in [0, 0.1) is 5.92 Å². The van der Waals surface area contributed by atoms with Crippen molar-refractivity contribution in [3.63, 3.8) is 0 Å². The van der Waals surface area contributed by atoms with Gasteiger partial charge in [0.25, 0.3) is 5.56 Å². The Bertz CT molecular complexity index is 845. The van der Waals surface area contributed by atoms with Gasteiger partial charge in [0, 0.05) is 29.9 Å². The largest absolute Gasteiger partial charge is 0.326 e. The first-order valence-corrected chi connectivity index (χ1v) is 8.45. The Morgan fingerprint density at radius 1 is 1.16 bits per heavy atom. The molecule has 1 aromatic heterocycles. The van der Waals surface area contributed by atoms with E-state index >= 15 is 0 Å². The minimum atomic E-state index is -0.0737. The molecule has 0 spiro atoms. The summed E-state index contributed by atoms with van der Waals surface area (Å²) in [5, 5.41) is 13.0. The molecule has 1 aliphatic heterocycles. The van der Waals surface area contributed by atoms with Crippen LogP contribution in [0.4, 0.5) is 5.69 Å². The number of hydrogen-bond acceptors (Lipinski definition) is 4. The summed E-state index contributed by atoms with van der Waals surface area (Å²) < 4.78 is 0. The third-order valence-corrected chi connectivity index (χ3v) is 4.85. The fraction of sp³-hybridized carbons (Fsp3) is 0.389. The lowest BCUT2D eigenvalue weighted by molar-refractivity contribution is -0.121. The molecule has 2 heterocycles. The molecular weight excluding hydrogens is 340 g/mol. The molecule has 1 amide bonds. The monoisotopic (exact) mass is 360 g/mol. The zero-order valence-corrected chi connectivity index (χ0v) is 14.6. The molecule has 132 valence electrons. The molecule has 4 rings (SSSR count). The summed E-state index contributed by atoms with van der Waals surface area (Å²) in [6, 6.07) is 7.69. The summed E-state index contributed by atoms with van der Waals surface area (Å²) in [6.07, 6.45) is 3.82. The van der Waals surface area contributed by atoms with E-state index < -0.39 is 0 Å². The second-order valence-corrected chi connectivity index (χ2v) is 6.49. The third-order valence-electron chi connectivity index (χ3n) is 4.85. The Kier molecular flexibility index (Phi) is 5.20. The Morgan fingerprint density at radius 2 is 1.92 bits per heavy atom. The number of nitrogens with one attached hydrogen (secondary N) is 3. The predicted molar refractivity (Wildman–Crippen MR) is 99.2 cm³/mol. The SMILES string of the molecule is Cl.O=C(Nc1cccc(-c2n[nH]c(=O)c3c2CCCC3)c1)C1CNC1. The zero-order chi connectivity index (χ0) is 16.5. The van der Waals surface area contributed by atoms with Crippen molar-refractivity contribution in [1.29, 1.82) is 0 Å². The number of carbonyl (C=O) groups is 1. The molecule has 0 saturated carbocycles. The lowest BCUT2D eigenvalue weighted by Gasteiger charge is -2.25. The van der Waals surface area contributed by atoms with Crippen LogP contribution in [0.3, 0.4) is 0 Å². The average molecular weight is 361 g/mol. The topological polar surface area (TPSA) is 86.9 Å². The highest BCUT2D eigenvalue weighted by Crippen LogP contribution is 2.29. The lowest BCUT2D eigenvalue weighted by atomic mass is 9.90. The summed E-state index contributed by atoms with van der Waals surface area (Å²) in [6.45, 7) is 1.47. The van der Waals surface area contributed by atoms with Crippen molar-refractivity contribution in [2.75, 3.05) is 18.4 Å². The van der Waals surface area contributed by atoms with Gasteiger partial charge in [-0.05, 0) is 43.4 Å². The molecule has 0 bridgehead atoms. The van der Waals surface area contributed by atoms with Gasteiger partial charge in [0.05, 0.1) is 11.6 Å². The first-order chi connectivity index (χ1) is 11.7. The molecule has 25 heavy (non-hydrogen) atoms. The van der Waals surface area contributed by atoms with Crippen molar-refractivity contribution in [3.8, 4) is 11.3 Å². The number of benzene rings is 1. The summed E-state index contributed by atoms with van der Waals surface area (Å²) in [4.78, 5) is 24.1. The molecule has 2 aromatic rings. The number of aromatic nitrogens is 2. The smallest absolute Gasteiger partial charge is 0.267 e. The van der Waals surface area contributed by atoms with Crippen LogP contribution >= 0.6 is 12.4 Å². The average Bonchev–Trinajstić information content (AvgIpc) is 2.54. The Morgan fingerprint density at radius 3 is 2.64 bits per heavy atom. The maximum Gasteiger partial charge on any atom is 0.267 e. The van der Waals surface area contributed by atoms with Crippen LogP contribution in [-0.4, -0.2) is 29.2 Å². The number of amides is 1. The van der Waals surface area contributed by atoms with Crippen molar-refractivity contribution in [3.05, 3.63) is 45.7 Å². The van der Waals surface area contributed by atoms with E-state index in [-0.39, 0.29) is 29.8 Å². The lowest BCUT2D eigenvalue weighted by Crippen LogP contribution is -2.48. The fourth-order valence-corrected chi connectivity index (χ4v) is 3.36.